The lowest BCUT2D eigenvalue weighted by atomic mass is 10.1. The van der Waals surface area contributed by atoms with E-state index < -0.39 is 6.36 Å². The molecule has 1 aromatic carbocycles. The summed E-state index contributed by atoms with van der Waals surface area (Å²) in [6.45, 7) is 0. The van der Waals surface area contributed by atoms with Gasteiger partial charge >= 0.3 is 6.36 Å². The Bertz CT molecular complexity index is 541. The van der Waals surface area contributed by atoms with Gasteiger partial charge in [0, 0.05) is 23.6 Å². The second-order valence-electron chi connectivity index (χ2n) is 3.53. The van der Waals surface area contributed by atoms with Crippen molar-refractivity contribution in [1.82, 2.24) is 4.98 Å². The molecule has 0 radical (unpaired) electrons. The number of nitrogen functional groups attached to an aromatic ring is 1. The van der Waals surface area contributed by atoms with Gasteiger partial charge in [-0.05, 0) is 35.9 Å². The van der Waals surface area contributed by atoms with E-state index in [1.807, 2.05) is 0 Å². The van der Waals surface area contributed by atoms with Crippen molar-refractivity contribution in [3.05, 3.63) is 42.7 Å². The van der Waals surface area contributed by atoms with Crippen LogP contribution in [0.15, 0.2) is 42.7 Å². The van der Waals surface area contributed by atoms with Gasteiger partial charge in [0.1, 0.15) is 5.75 Å². The van der Waals surface area contributed by atoms with Gasteiger partial charge in [-0.15, -0.1) is 13.2 Å². The highest BCUT2D eigenvalue weighted by molar-refractivity contribution is 5.77. The Morgan fingerprint density at radius 3 is 2.33 bits per heavy atom. The normalized spacial score (nSPS) is 11.3. The number of alkyl halides is 3. The molecule has 0 unspecified atom stereocenters. The van der Waals surface area contributed by atoms with E-state index in [0.29, 0.717) is 16.8 Å². The maximum absolute atomic E-state index is 12.1. The van der Waals surface area contributed by atoms with E-state index in [4.69, 9.17) is 5.73 Å². The van der Waals surface area contributed by atoms with E-state index in [9.17, 15) is 13.2 Å². The monoisotopic (exact) mass is 254 g/mol. The predicted octanol–water partition coefficient (Wildman–Crippen LogP) is 3.23. The molecule has 0 fully saturated rings. The molecule has 2 aromatic rings. The van der Waals surface area contributed by atoms with Crippen molar-refractivity contribution in [3.63, 3.8) is 0 Å². The molecule has 0 bridgehead atoms. The first-order valence-corrected chi connectivity index (χ1v) is 5.01. The fourth-order valence-electron chi connectivity index (χ4n) is 1.51. The zero-order chi connectivity index (χ0) is 13.2. The molecular weight excluding hydrogens is 245 g/mol. The number of nitrogens with two attached hydrogens (primary N) is 1. The van der Waals surface area contributed by atoms with Crippen LogP contribution in [0.25, 0.3) is 11.1 Å². The third kappa shape index (κ3) is 2.91. The highest BCUT2D eigenvalue weighted by Gasteiger charge is 2.31. The Hall–Kier alpha value is -2.24. The minimum atomic E-state index is -4.72. The van der Waals surface area contributed by atoms with Crippen LogP contribution >= 0.6 is 0 Å². The maximum Gasteiger partial charge on any atom is 0.573 e. The van der Waals surface area contributed by atoms with Crippen molar-refractivity contribution in [2.75, 3.05) is 5.73 Å². The minimum absolute atomic E-state index is 0.302. The summed E-state index contributed by atoms with van der Waals surface area (Å²) in [5, 5.41) is 0. The molecule has 2 rings (SSSR count). The second-order valence-corrected chi connectivity index (χ2v) is 3.53. The van der Waals surface area contributed by atoms with E-state index in [1.54, 1.807) is 12.1 Å². The number of benzene rings is 1. The number of aromatic nitrogens is 1. The summed E-state index contributed by atoms with van der Waals surface area (Å²) in [4.78, 5) is 3.83. The van der Waals surface area contributed by atoms with Crippen LogP contribution in [0, 0.1) is 0 Å². The van der Waals surface area contributed by atoms with E-state index in [0.717, 1.165) is 0 Å². The molecule has 0 aliphatic heterocycles. The summed E-state index contributed by atoms with van der Waals surface area (Å²) in [7, 11) is 0. The number of anilines is 1. The van der Waals surface area contributed by atoms with Crippen molar-refractivity contribution in [2.24, 2.45) is 0 Å². The third-order valence-electron chi connectivity index (χ3n) is 2.25. The summed E-state index contributed by atoms with van der Waals surface area (Å²) in [6, 6.07) is 7.11. The Kier molecular flexibility index (Phi) is 3.10. The van der Waals surface area contributed by atoms with Crippen molar-refractivity contribution in [1.29, 1.82) is 0 Å². The molecule has 0 spiro atoms. The molecule has 6 heteroatoms. The van der Waals surface area contributed by atoms with Crippen LogP contribution in [0.2, 0.25) is 0 Å². The number of halogens is 3. The fourth-order valence-corrected chi connectivity index (χ4v) is 1.51. The fraction of sp³-hybridized carbons (Fsp3) is 0.0833. The van der Waals surface area contributed by atoms with Gasteiger partial charge in [0.25, 0.3) is 0 Å². The SMILES string of the molecule is Nc1ccc(OC(F)(F)F)cc1-c1ccncc1. The molecule has 1 aromatic heterocycles. The number of ether oxygens (including phenoxy) is 1. The molecule has 0 amide bonds. The summed E-state index contributed by atoms with van der Waals surface area (Å²) in [6.07, 6.45) is -1.65. The number of pyridine rings is 1. The molecule has 0 saturated heterocycles. The van der Waals surface area contributed by atoms with Gasteiger partial charge in [-0.1, -0.05) is 0 Å². The van der Waals surface area contributed by atoms with Crippen molar-refractivity contribution >= 4 is 5.69 Å². The zero-order valence-corrected chi connectivity index (χ0v) is 9.11. The first-order chi connectivity index (χ1) is 8.46. The zero-order valence-electron chi connectivity index (χ0n) is 9.11. The highest BCUT2D eigenvalue weighted by atomic mass is 19.4. The Labute approximate surface area is 101 Å². The highest BCUT2D eigenvalue weighted by Crippen LogP contribution is 2.31. The maximum atomic E-state index is 12.1. The number of nitrogens with zero attached hydrogens (tertiary/aromatic N) is 1. The lowest BCUT2D eigenvalue weighted by Crippen LogP contribution is -2.17. The largest absolute Gasteiger partial charge is 0.573 e. The first-order valence-electron chi connectivity index (χ1n) is 5.01. The quantitative estimate of drug-likeness (QED) is 0.837. The van der Waals surface area contributed by atoms with Gasteiger partial charge in [-0.25, -0.2) is 0 Å². The molecular formula is C12H9F3N2O. The molecule has 3 nitrogen and oxygen atoms in total. The average molecular weight is 254 g/mol. The Morgan fingerprint density at radius 2 is 1.72 bits per heavy atom. The lowest BCUT2D eigenvalue weighted by molar-refractivity contribution is -0.274. The topological polar surface area (TPSA) is 48.1 Å². The minimum Gasteiger partial charge on any atom is -0.406 e. The van der Waals surface area contributed by atoms with Crippen molar-refractivity contribution < 1.29 is 17.9 Å². The van der Waals surface area contributed by atoms with Gasteiger partial charge in [0.2, 0.25) is 0 Å². The first kappa shape index (κ1) is 12.2. The van der Waals surface area contributed by atoms with Gasteiger partial charge in [0.15, 0.2) is 0 Å². The number of rotatable bonds is 2. The van der Waals surface area contributed by atoms with Crippen LogP contribution in [0.1, 0.15) is 0 Å². The average Bonchev–Trinajstić information content (AvgIpc) is 2.31. The van der Waals surface area contributed by atoms with Gasteiger partial charge in [-0.2, -0.15) is 0 Å². The molecule has 0 aliphatic carbocycles. The van der Waals surface area contributed by atoms with Crippen LogP contribution in [-0.2, 0) is 0 Å². The summed E-state index contributed by atoms with van der Waals surface area (Å²) < 4.78 is 40.2. The van der Waals surface area contributed by atoms with Crippen LogP contribution in [0.3, 0.4) is 0 Å². The molecule has 18 heavy (non-hydrogen) atoms. The number of hydrogen-bond acceptors (Lipinski definition) is 3. The second kappa shape index (κ2) is 4.56. The van der Waals surface area contributed by atoms with E-state index in [1.165, 1.54) is 30.6 Å². The Morgan fingerprint density at radius 1 is 1.06 bits per heavy atom. The molecule has 0 atom stereocenters. The van der Waals surface area contributed by atoms with Gasteiger partial charge < -0.3 is 10.5 Å². The Balaban J connectivity index is 2.39. The van der Waals surface area contributed by atoms with Crippen molar-refractivity contribution in [2.45, 2.75) is 6.36 Å². The summed E-state index contributed by atoms with van der Waals surface area (Å²) in [5.74, 6) is -0.302. The van der Waals surface area contributed by atoms with Crippen LogP contribution in [-0.4, -0.2) is 11.3 Å². The van der Waals surface area contributed by atoms with Crippen LogP contribution in [0.5, 0.6) is 5.75 Å². The molecule has 1 heterocycles. The van der Waals surface area contributed by atoms with Crippen molar-refractivity contribution in [3.8, 4) is 16.9 Å². The molecule has 0 aliphatic rings. The lowest BCUT2D eigenvalue weighted by Gasteiger charge is -2.11. The van der Waals surface area contributed by atoms with Gasteiger partial charge in [-0.3, -0.25) is 4.98 Å². The van der Waals surface area contributed by atoms with E-state index in [-0.39, 0.29) is 5.75 Å². The molecule has 2 N–H and O–H groups in total. The number of hydrogen-bond donors (Lipinski definition) is 1. The summed E-state index contributed by atoms with van der Waals surface area (Å²) in [5.41, 5.74) is 7.25. The third-order valence-corrected chi connectivity index (χ3v) is 2.25. The predicted molar refractivity (Wildman–Crippen MR) is 60.8 cm³/mol. The standard InChI is InChI=1S/C12H9F3N2O/c13-12(14,15)18-9-1-2-11(16)10(7-9)8-3-5-17-6-4-8/h1-7H,16H2. The summed E-state index contributed by atoms with van der Waals surface area (Å²) >= 11 is 0. The van der Waals surface area contributed by atoms with Gasteiger partial charge in [0.05, 0.1) is 0 Å². The molecule has 0 saturated carbocycles. The van der Waals surface area contributed by atoms with E-state index >= 15 is 0 Å². The van der Waals surface area contributed by atoms with E-state index in [2.05, 4.69) is 9.72 Å². The van der Waals surface area contributed by atoms with Crippen LogP contribution < -0.4 is 10.5 Å². The molecule has 94 valence electrons. The van der Waals surface area contributed by atoms with Crippen LogP contribution in [0.4, 0.5) is 18.9 Å². The smallest absolute Gasteiger partial charge is 0.406 e.